The number of thiazole rings is 1. The summed E-state index contributed by atoms with van der Waals surface area (Å²) in [4.78, 5) is 5.89. The van der Waals surface area contributed by atoms with Crippen molar-refractivity contribution in [2.24, 2.45) is 11.8 Å². The van der Waals surface area contributed by atoms with E-state index in [1.165, 1.54) is 36.3 Å². The molecule has 0 aromatic carbocycles. The number of aromatic nitrogens is 1. The number of hydrogen-bond acceptors (Lipinski definition) is 4. The molecular formula is C10H17N3S. The van der Waals surface area contributed by atoms with Crippen LogP contribution in [0.4, 0.5) is 5.13 Å². The molecule has 1 aliphatic carbocycles. The highest BCUT2D eigenvalue weighted by Gasteiger charge is 2.21. The van der Waals surface area contributed by atoms with Gasteiger partial charge in [0.1, 0.15) is 0 Å². The van der Waals surface area contributed by atoms with Gasteiger partial charge in [0, 0.05) is 4.88 Å². The third-order valence-electron chi connectivity index (χ3n) is 2.86. The molecule has 14 heavy (non-hydrogen) atoms. The van der Waals surface area contributed by atoms with Crippen LogP contribution in [0.1, 0.15) is 36.8 Å². The molecule has 0 aliphatic heterocycles. The number of nitrogens with zero attached hydrogens (tertiary/aromatic N) is 1. The fraction of sp³-hybridized carbons (Fsp3) is 0.700. The first kappa shape index (κ1) is 9.93. The van der Waals surface area contributed by atoms with Gasteiger partial charge < -0.3 is 0 Å². The molecule has 0 radical (unpaired) electrons. The quantitative estimate of drug-likeness (QED) is 0.596. The maximum Gasteiger partial charge on any atom is 0.197 e. The number of nitrogens with one attached hydrogen (secondary N) is 1. The van der Waals surface area contributed by atoms with E-state index in [4.69, 9.17) is 5.84 Å². The van der Waals surface area contributed by atoms with Crippen LogP contribution in [0.5, 0.6) is 0 Å². The van der Waals surface area contributed by atoms with E-state index in [-0.39, 0.29) is 0 Å². The van der Waals surface area contributed by atoms with Crippen LogP contribution in [-0.2, 0) is 12.8 Å². The fourth-order valence-electron chi connectivity index (χ4n) is 2.16. The fourth-order valence-corrected chi connectivity index (χ4v) is 3.19. The van der Waals surface area contributed by atoms with Crippen molar-refractivity contribution < 1.29 is 0 Å². The maximum absolute atomic E-state index is 5.35. The molecule has 0 saturated carbocycles. The Morgan fingerprint density at radius 3 is 3.21 bits per heavy atom. The molecule has 1 aromatic rings. The highest BCUT2D eigenvalue weighted by atomic mass is 32.1. The van der Waals surface area contributed by atoms with Crippen molar-refractivity contribution in [2.75, 3.05) is 5.43 Å². The van der Waals surface area contributed by atoms with Crippen molar-refractivity contribution in [1.82, 2.24) is 4.98 Å². The molecule has 0 bridgehead atoms. The van der Waals surface area contributed by atoms with Crippen LogP contribution in [0.15, 0.2) is 0 Å². The Morgan fingerprint density at radius 2 is 2.50 bits per heavy atom. The average molecular weight is 211 g/mol. The highest BCUT2D eigenvalue weighted by Crippen LogP contribution is 2.33. The van der Waals surface area contributed by atoms with E-state index in [1.807, 2.05) is 0 Å². The summed E-state index contributed by atoms with van der Waals surface area (Å²) in [7, 11) is 0. The van der Waals surface area contributed by atoms with E-state index in [1.54, 1.807) is 11.3 Å². The van der Waals surface area contributed by atoms with E-state index in [0.717, 1.165) is 17.5 Å². The number of fused-ring (bicyclic) bond motifs is 1. The molecule has 0 amide bonds. The van der Waals surface area contributed by atoms with Crippen molar-refractivity contribution in [2.45, 2.75) is 39.0 Å². The van der Waals surface area contributed by atoms with Crippen LogP contribution < -0.4 is 11.3 Å². The van der Waals surface area contributed by atoms with E-state index in [0.29, 0.717) is 0 Å². The Labute approximate surface area is 88.7 Å². The van der Waals surface area contributed by atoms with Gasteiger partial charge in [-0.3, -0.25) is 5.43 Å². The summed E-state index contributed by atoms with van der Waals surface area (Å²) < 4.78 is 0. The molecule has 2 rings (SSSR count). The Kier molecular flexibility index (Phi) is 3.03. The monoisotopic (exact) mass is 211 g/mol. The zero-order chi connectivity index (χ0) is 9.97. The Bertz CT molecular complexity index is 308. The van der Waals surface area contributed by atoms with Crippen molar-refractivity contribution in [3.8, 4) is 0 Å². The molecule has 1 heterocycles. The van der Waals surface area contributed by atoms with Gasteiger partial charge in [-0.1, -0.05) is 19.8 Å². The summed E-state index contributed by atoms with van der Waals surface area (Å²) in [5.41, 5.74) is 3.91. The lowest BCUT2D eigenvalue weighted by atomic mass is 9.88. The summed E-state index contributed by atoms with van der Waals surface area (Å²) in [6, 6.07) is 0. The Balaban J connectivity index is 2.09. The number of nitrogens with two attached hydrogens (primary N) is 1. The van der Waals surface area contributed by atoms with Crippen LogP contribution in [-0.4, -0.2) is 4.98 Å². The lowest BCUT2D eigenvalue weighted by Crippen LogP contribution is -2.12. The number of nitrogen functional groups attached to an aromatic ring is 1. The molecule has 78 valence electrons. The Hall–Kier alpha value is -0.610. The maximum atomic E-state index is 5.35. The molecule has 0 fully saturated rings. The van der Waals surface area contributed by atoms with Gasteiger partial charge in [-0.15, -0.1) is 11.3 Å². The van der Waals surface area contributed by atoms with Gasteiger partial charge in [0.25, 0.3) is 0 Å². The molecule has 1 unspecified atom stereocenters. The molecule has 1 aromatic heterocycles. The minimum atomic E-state index is 0.868. The van der Waals surface area contributed by atoms with E-state index in [9.17, 15) is 0 Å². The molecule has 0 saturated heterocycles. The van der Waals surface area contributed by atoms with Gasteiger partial charge in [0.05, 0.1) is 5.69 Å². The number of aryl methyl sites for hydroxylation is 1. The number of anilines is 1. The van der Waals surface area contributed by atoms with Crippen LogP contribution in [0.25, 0.3) is 0 Å². The number of hydrogen-bond donors (Lipinski definition) is 2. The van der Waals surface area contributed by atoms with E-state index < -0.39 is 0 Å². The zero-order valence-corrected chi connectivity index (χ0v) is 9.36. The van der Waals surface area contributed by atoms with Crippen molar-refractivity contribution in [1.29, 1.82) is 0 Å². The molecule has 0 spiro atoms. The van der Waals surface area contributed by atoms with Crippen LogP contribution in [0.3, 0.4) is 0 Å². The predicted octanol–water partition coefficient (Wildman–Crippen LogP) is 2.33. The second-order valence-corrected chi connectivity index (χ2v) is 5.01. The SMILES string of the molecule is CCCC1CCc2nc(NN)sc2C1. The topological polar surface area (TPSA) is 50.9 Å². The predicted molar refractivity (Wildman–Crippen MR) is 60.3 cm³/mol. The molecule has 3 N–H and O–H groups in total. The standard InChI is InChI=1S/C10H17N3S/c1-2-3-7-4-5-8-9(6-7)14-10(12-8)13-11/h7H,2-6,11H2,1H3,(H,12,13). The summed E-state index contributed by atoms with van der Waals surface area (Å²) in [5.74, 6) is 6.23. The summed E-state index contributed by atoms with van der Waals surface area (Å²) in [5, 5.41) is 0.868. The lowest BCUT2D eigenvalue weighted by Gasteiger charge is -2.19. The van der Waals surface area contributed by atoms with E-state index >= 15 is 0 Å². The number of rotatable bonds is 3. The first-order chi connectivity index (χ1) is 6.83. The second-order valence-electron chi connectivity index (χ2n) is 3.93. The minimum absolute atomic E-state index is 0.868. The van der Waals surface area contributed by atoms with E-state index in [2.05, 4.69) is 17.3 Å². The molecule has 1 aliphatic rings. The van der Waals surface area contributed by atoms with Gasteiger partial charge in [-0.25, -0.2) is 10.8 Å². The van der Waals surface area contributed by atoms with Crippen LogP contribution in [0.2, 0.25) is 0 Å². The number of hydrazine groups is 1. The summed E-state index contributed by atoms with van der Waals surface area (Å²) in [6.07, 6.45) is 6.29. The van der Waals surface area contributed by atoms with Gasteiger partial charge in [-0.2, -0.15) is 0 Å². The lowest BCUT2D eigenvalue weighted by molar-refractivity contribution is 0.424. The van der Waals surface area contributed by atoms with Gasteiger partial charge in [0.2, 0.25) is 0 Å². The van der Waals surface area contributed by atoms with Gasteiger partial charge >= 0.3 is 0 Å². The smallest absolute Gasteiger partial charge is 0.197 e. The van der Waals surface area contributed by atoms with Crippen LogP contribution >= 0.6 is 11.3 Å². The normalized spacial score (nSPS) is 20.6. The second kappa shape index (κ2) is 4.28. The molecule has 4 heteroatoms. The van der Waals surface area contributed by atoms with Crippen molar-refractivity contribution in [3.63, 3.8) is 0 Å². The molecule has 3 nitrogen and oxygen atoms in total. The molecule has 1 atom stereocenters. The molecular weight excluding hydrogens is 194 g/mol. The van der Waals surface area contributed by atoms with Crippen molar-refractivity contribution in [3.05, 3.63) is 10.6 Å². The van der Waals surface area contributed by atoms with Crippen molar-refractivity contribution >= 4 is 16.5 Å². The van der Waals surface area contributed by atoms with Gasteiger partial charge in [-0.05, 0) is 25.2 Å². The minimum Gasteiger partial charge on any atom is -0.300 e. The third-order valence-corrected chi connectivity index (χ3v) is 3.91. The summed E-state index contributed by atoms with van der Waals surface area (Å²) in [6.45, 7) is 2.26. The Morgan fingerprint density at radius 1 is 1.64 bits per heavy atom. The zero-order valence-electron chi connectivity index (χ0n) is 8.55. The first-order valence-electron chi connectivity index (χ1n) is 5.28. The highest BCUT2D eigenvalue weighted by molar-refractivity contribution is 7.15. The average Bonchev–Trinajstić information content (AvgIpc) is 2.60. The van der Waals surface area contributed by atoms with Crippen LogP contribution in [0, 0.1) is 5.92 Å². The van der Waals surface area contributed by atoms with Gasteiger partial charge in [0.15, 0.2) is 5.13 Å². The third kappa shape index (κ3) is 1.91. The first-order valence-corrected chi connectivity index (χ1v) is 6.10. The summed E-state index contributed by atoms with van der Waals surface area (Å²) >= 11 is 1.72. The largest absolute Gasteiger partial charge is 0.300 e.